The van der Waals surface area contributed by atoms with Gasteiger partial charge in [-0.1, -0.05) is 30.3 Å². The summed E-state index contributed by atoms with van der Waals surface area (Å²) in [5.41, 5.74) is 0.986. The number of hydrogen-bond acceptors (Lipinski definition) is 7. The molecule has 1 aliphatic rings. The quantitative estimate of drug-likeness (QED) is 0.573. The Balaban J connectivity index is 1.18. The highest BCUT2D eigenvalue weighted by atomic mass is 16.4. The van der Waals surface area contributed by atoms with Crippen molar-refractivity contribution in [2.75, 3.05) is 26.2 Å². The number of oxazole rings is 1. The fraction of sp³-hybridized carbons (Fsp3) is 0.400. The van der Waals surface area contributed by atoms with Gasteiger partial charge in [0, 0.05) is 44.6 Å². The van der Waals surface area contributed by atoms with Gasteiger partial charge < -0.3 is 14.2 Å². The highest BCUT2D eigenvalue weighted by molar-refractivity contribution is 5.78. The Bertz CT molecular complexity index is 963. The lowest BCUT2D eigenvalue weighted by molar-refractivity contribution is -0.140. The van der Waals surface area contributed by atoms with Crippen LogP contribution in [-0.2, 0) is 22.6 Å². The van der Waals surface area contributed by atoms with Crippen LogP contribution in [0.2, 0.25) is 0 Å². The van der Waals surface area contributed by atoms with Crippen molar-refractivity contribution in [3.63, 3.8) is 0 Å². The number of carbonyl (C=O) groups excluding carboxylic acids is 2. The zero-order valence-corrected chi connectivity index (χ0v) is 16.6. The first-order valence-corrected chi connectivity index (χ1v) is 9.95. The van der Waals surface area contributed by atoms with Crippen LogP contribution in [0.25, 0.3) is 11.3 Å². The number of amides is 2. The molecule has 0 saturated carbocycles. The summed E-state index contributed by atoms with van der Waals surface area (Å²) in [6.45, 7) is 2.23. The Hall–Kier alpha value is -3.56. The second-order valence-corrected chi connectivity index (χ2v) is 7.11. The van der Waals surface area contributed by atoms with Crippen LogP contribution in [0.1, 0.15) is 18.7 Å². The van der Waals surface area contributed by atoms with Crippen molar-refractivity contribution in [1.82, 2.24) is 35.0 Å². The first-order chi connectivity index (χ1) is 14.7. The molecule has 0 N–H and O–H groups in total. The Kier molecular flexibility index (Phi) is 6.11. The Labute approximate surface area is 173 Å². The SMILES string of the molecule is O=C(CCCc1ncc(-c2ccccc2)o1)N1CCN(C(=O)Cn2cnnn2)CC1. The fourth-order valence-corrected chi connectivity index (χ4v) is 3.41. The molecule has 2 aromatic heterocycles. The topological polar surface area (TPSA) is 110 Å². The summed E-state index contributed by atoms with van der Waals surface area (Å²) in [5.74, 6) is 1.42. The number of tetrazole rings is 1. The second kappa shape index (κ2) is 9.29. The van der Waals surface area contributed by atoms with E-state index in [1.165, 1.54) is 11.0 Å². The maximum absolute atomic E-state index is 12.5. The Morgan fingerprint density at radius 1 is 1.00 bits per heavy atom. The molecule has 3 aromatic rings. The van der Waals surface area contributed by atoms with Crippen LogP contribution in [0.15, 0.2) is 47.3 Å². The van der Waals surface area contributed by atoms with Gasteiger partial charge >= 0.3 is 0 Å². The summed E-state index contributed by atoms with van der Waals surface area (Å²) in [4.78, 5) is 32.6. The summed E-state index contributed by atoms with van der Waals surface area (Å²) in [5, 5.41) is 10.7. The van der Waals surface area contributed by atoms with Crippen molar-refractivity contribution in [2.45, 2.75) is 25.8 Å². The molecule has 1 fully saturated rings. The molecule has 0 spiro atoms. The number of aryl methyl sites for hydroxylation is 1. The van der Waals surface area contributed by atoms with E-state index in [-0.39, 0.29) is 18.4 Å². The molecular formula is C20H23N7O3. The van der Waals surface area contributed by atoms with Crippen LogP contribution in [-0.4, -0.2) is 73.0 Å². The molecule has 0 radical (unpaired) electrons. The lowest BCUT2D eigenvalue weighted by Crippen LogP contribution is -2.51. The Morgan fingerprint density at radius 3 is 2.43 bits per heavy atom. The van der Waals surface area contributed by atoms with Gasteiger partial charge in [0.1, 0.15) is 12.9 Å². The molecular weight excluding hydrogens is 386 g/mol. The molecule has 3 heterocycles. The van der Waals surface area contributed by atoms with Crippen molar-refractivity contribution in [2.24, 2.45) is 0 Å². The van der Waals surface area contributed by atoms with Crippen LogP contribution >= 0.6 is 0 Å². The van der Waals surface area contributed by atoms with E-state index in [2.05, 4.69) is 20.5 Å². The number of carbonyl (C=O) groups is 2. The van der Waals surface area contributed by atoms with Crippen LogP contribution in [0.3, 0.4) is 0 Å². The monoisotopic (exact) mass is 409 g/mol. The van der Waals surface area contributed by atoms with Gasteiger partial charge in [0.2, 0.25) is 11.8 Å². The number of hydrogen-bond donors (Lipinski definition) is 0. The second-order valence-electron chi connectivity index (χ2n) is 7.11. The predicted molar refractivity (Wildman–Crippen MR) is 106 cm³/mol. The zero-order chi connectivity index (χ0) is 20.8. The van der Waals surface area contributed by atoms with Crippen molar-refractivity contribution in [3.05, 3.63) is 48.7 Å². The van der Waals surface area contributed by atoms with E-state index in [1.54, 1.807) is 11.1 Å². The van der Waals surface area contributed by atoms with Gasteiger partial charge in [-0.25, -0.2) is 9.67 Å². The molecule has 0 atom stereocenters. The van der Waals surface area contributed by atoms with E-state index in [4.69, 9.17) is 4.42 Å². The highest BCUT2D eigenvalue weighted by Gasteiger charge is 2.24. The molecule has 0 unspecified atom stereocenters. The molecule has 0 aliphatic carbocycles. The molecule has 0 bridgehead atoms. The maximum Gasteiger partial charge on any atom is 0.244 e. The smallest absolute Gasteiger partial charge is 0.244 e. The fourth-order valence-electron chi connectivity index (χ4n) is 3.41. The summed E-state index contributed by atoms with van der Waals surface area (Å²) >= 11 is 0. The minimum atomic E-state index is -0.0486. The van der Waals surface area contributed by atoms with Gasteiger partial charge in [0.15, 0.2) is 11.7 Å². The highest BCUT2D eigenvalue weighted by Crippen LogP contribution is 2.20. The molecule has 2 amide bonds. The first kappa shape index (κ1) is 19.7. The van der Waals surface area contributed by atoms with E-state index < -0.39 is 0 Å². The third-order valence-electron chi connectivity index (χ3n) is 5.07. The van der Waals surface area contributed by atoms with E-state index in [1.807, 2.05) is 35.2 Å². The van der Waals surface area contributed by atoms with Gasteiger partial charge in [-0.15, -0.1) is 5.10 Å². The summed E-state index contributed by atoms with van der Waals surface area (Å²) in [6.07, 6.45) is 4.85. The van der Waals surface area contributed by atoms with Gasteiger partial charge in [-0.3, -0.25) is 9.59 Å². The molecule has 156 valence electrons. The first-order valence-electron chi connectivity index (χ1n) is 9.95. The number of aromatic nitrogens is 5. The molecule has 1 aromatic carbocycles. The van der Waals surface area contributed by atoms with Gasteiger partial charge in [-0.05, 0) is 16.8 Å². The van der Waals surface area contributed by atoms with Crippen LogP contribution in [0.5, 0.6) is 0 Å². The van der Waals surface area contributed by atoms with E-state index in [9.17, 15) is 9.59 Å². The standard InChI is InChI=1S/C20H23N7O3/c28-19(8-4-7-18-21-13-17(30-18)16-5-2-1-3-6-16)25-9-11-26(12-10-25)20(29)14-27-15-22-23-24-27/h1-3,5-6,13,15H,4,7-12,14H2. The largest absolute Gasteiger partial charge is 0.441 e. The Morgan fingerprint density at radius 2 is 1.73 bits per heavy atom. The molecule has 10 nitrogen and oxygen atoms in total. The van der Waals surface area contributed by atoms with Crippen molar-refractivity contribution < 1.29 is 14.0 Å². The predicted octanol–water partition coefficient (Wildman–Crippen LogP) is 1.02. The number of piperazine rings is 1. The lowest BCUT2D eigenvalue weighted by atomic mass is 10.2. The maximum atomic E-state index is 12.5. The number of rotatable bonds is 7. The van der Waals surface area contributed by atoms with Gasteiger partial charge in [0.05, 0.1) is 6.20 Å². The third kappa shape index (κ3) is 4.88. The molecule has 1 aliphatic heterocycles. The van der Waals surface area contributed by atoms with E-state index in [0.717, 1.165) is 11.3 Å². The van der Waals surface area contributed by atoms with Crippen molar-refractivity contribution >= 4 is 11.8 Å². The van der Waals surface area contributed by atoms with Crippen LogP contribution in [0, 0.1) is 0 Å². The van der Waals surface area contributed by atoms with E-state index >= 15 is 0 Å². The number of nitrogens with zero attached hydrogens (tertiary/aromatic N) is 7. The van der Waals surface area contributed by atoms with Crippen molar-refractivity contribution in [3.8, 4) is 11.3 Å². The summed E-state index contributed by atoms with van der Waals surface area (Å²) in [6, 6.07) is 9.81. The molecule has 1 saturated heterocycles. The van der Waals surface area contributed by atoms with Crippen LogP contribution in [0.4, 0.5) is 0 Å². The lowest BCUT2D eigenvalue weighted by Gasteiger charge is -2.34. The summed E-state index contributed by atoms with van der Waals surface area (Å²) < 4.78 is 7.18. The minimum absolute atomic E-state index is 0.0486. The zero-order valence-electron chi connectivity index (χ0n) is 16.6. The van der Waals surface area contributed by atoms with Gasteiger partial charge in [0.25, 0.3) is 0 Å². The summed E-state index contributed by atoms with van der Waals surface area (Å²) in [7, 11) is 0. The average molecular weight is 409 g/mol. The number of benzene rings is 1. The molecule has 4 rings (SSSR count). The van der Waals surface area contributed by atoms with Crippen molar-refractivity contribution in [1.29, 1.82) is 0 Å². The van der Waals surface area contributed by atoms with Gasteiger partial charge in [-0.2, -0.15) is 0 Å². The normalized spacial score (nSPS) is 14.1. The molecule has 30 heavy (non-hydrogen) atoms. The van der Waals surface area contributed by atoms with Crippen LogP contribution < -0.4 is 0 Å². The van der Waals surface area contributed by atoms with E-state index in [0.29, 0.717) is 51.3 Å². The minimum Gasteiger partial charge on any atom is -0.441 e. The third-order valence-corrected chi connectivity index (χ3v) is 5.07. The average Bonchev–Trinajstić information content (AvgIpc) is 3.47. The molecule has 10 heteroatoms.